The number of nitrogens with two attached hydrogens (primary N) is 1. The topological polar surface area (TPSA) is 117 Å². The van der Waals surface area contributed by atoms with E-state index in [1.54, 1.807) is 48.5 Å². The minimum atomic E-state index is -0.943. The van der Waals surface area contributed by atoms with Crippen LogP contribution in [0.25, 0.3) is 0 Å². The highest BCUT2D eigenvalue weighted by Gasteiger charge is 2.29. The number of primary amides is 1. The minimum absolute atomic E-state index is 0.00402. The monoisotopic (exact) mass is 402 g/mol. The molecule has 0 fully saturated rings. The van der Waals surface area contributed by atoms with Crippen molar-refractivity contribution in [2.24, 2.45) is 5.73 Å². The van der Waals surface area contributed by atoms with Gasteiger partial charge in [-0.05, 0) is 24.3 Å². The van der Waals surface area contributed by atoms with Crippen molar-refractivity contribution in [3.63, 3.8) is 0 Å². The van der Waals surface area contributed by atoms with Crippen LogP contribution in [0.2, 0.25) is 0 Å². The number of amides is 2. The van der Waals surface area contributed by atoms with Gasteiger partial charge >= 0.3 is 5.97 Å². The van der Waals surface area contributed by atoms with E-state index in [0.717, 1.165) is 0 Å². The molecule has 28 heavy (non-hydrogen) atoms. The highest BCUT2D eigenvalue weighted by Crippen LogP contribution is 2.31. The van der Waals surface area contributed by atoms with Gasteiger partial charge in [0.15, 0.2) is 18.1 Å². The summed E-state index contributed by atoms with van der Waals surface area (Å²) in [6, 6.07) is 13.9. The average Bonchev–Trinajstić information content (AvgIpc) is 2.71. The SMILES string of the molecule is NC(=O)CSc1ccccc1NC(=O)COC(=O)[C@H]1COc2ccccc2O1. The van der Waals surface area contributed by atoms with Gasteiger partial charge in [-0.15, -0.1) is 11.8 Å². The molecule has 2 amide bonds. The summed E-state index contributed by atoms with van der Waals surface area (Å²) in [6.45, 7) is -0.473. The molecule has 1 heterocycles. The Kier molecular flexibility index (Phi) is 6.38. The molecule has 1 atom stereocenters. The normalized spacial score (nSPS) is 14.8. The van der Waals surface area contributed by atoms with Crippen LogP contribution in [-0.2, 0) is 19.1 Å². The van der Waals surface area contributed by atoms with Crippen molar-refractivity contribution in [3.8, 4) is 11.5 Å². The van der Waals surface area contributed by atoms with Crippen molar-refractivity contribution in [2.75, 3.05) is 24.3 Å². The van der Waals surface area contributed by atoms with Crippen molar-refractivity contribution >= 4 is 35.2 Å². The van der Waals surface area contributed by atoms with Gasteiger partial charge < -0.3 is 25.3 Å². The van der Waals surface area contributed by atoms with E-state index in [1.807, 2.05) is 0 Å². The van der Waals surface area contributed by atoms with Crippen LogP contribution in [0.4, 0.5) is 5.69 Å². The van der Waals surface area contributed by atoms with Crippen molar-refractivity contribution in [2.45, 2.75) is 11.0 Å². The fraction of sp³-hybridized carbons (Fsp3) is 0.211. The maximum Gasteiger partial charge on any atom is 0.351 e. The van der Waals surface area contributed by atoms with Crippen molar-refractivity contribution in [1.82, 2.24) is 0 Å². The number of ether oxygens (including phenoxy) is 3. The average molecular weight is 402 g/mol. The summed E-state index contributed by atoms with van der Waals surface area (Å²) in [6.07, 6.45) is -0.943. The van der Waals surface area contributed by atoms with Gasteiger partial charge in [0.1, 0.15) is 6.61 Å². The zero-order chi connectivity index (χ0) is 19.9. The molecule has 3 N–H and O–H groups in total. The van der Waals surface area contributed by atoms with Crippen molar-refractivity contribution in [1.29, 1.82) is 0 Å². The molecule has 8 nitrogen and oxygen atoms in total. The number of rotatable bonds is 7. The lowest BCUT2D eigenvalue weighted by molar-refractivity contribution is -0.156. The lowest BCUT2D eigenvalue weighted by Crippen LogP contribution is -2.39. The molecule has 0 aromatic heterocycles. The molecular weight excluding hydrogens is 384 g/mol. The third-order valence-corrected chi connectivity index (χ3v) is 4.74. The van der Waals surface area contributed by atoms with E-state index in [4.69, 9.17) is 19.9 Å². The molecule has 1 aliphatic rings. The largest absolute Gasteiger partial charge is 0.485 e. The van der Waals surface area contributed by atoms with Crippen LogP contribution < -0.4 is 20.5 Å². The summed E-state index contributed by atoms with van der Waals surface area (Å²) in [4.78, 5) is 35.9. The summed E-state index contributed by atoms with van der Waals surface area (Å²) in [7, 11) is 0. The molecule has 3 rings (SSSR count). The van der Waals surface area contributed by atoms with Gasteiger partial charge in [0.05, 0.1) is 11.4 Å². The number of nitrogens with one attached hydrogen (secondary N) is 1. The second-order valence-electron chi connectivity index (χ2n) is 5.77. The first-order valence-electron chi connectivity index (χ1n) is 8.38. The number of thioether (sulfide) groups is 1. The summed E-state index contributed by atoms with van der Waals surface area (Å²) in [5.41, 5.74) is 5.65. The molecule has 0 bridgehead atoms. The Labute approximate surface area is 165 Å². The summed E-state index contributed by atoms with van der Waals surface area (Å²) in [5.74, 6) is -0.590. The van der Waals surface area contributed by atoms with E-state index in [2.05, 4.69) is 5.32 Å². The predicted octanol–water partition coefficient (Wildman–Crippen LogP) is 1.59. The molecule has 0 saturated heterocycles. The molecule has 0 aliphatic carbocycles. The zero-order valence-corrected chi connectivity index (χ0v) is 15.6. The fourth-order valence-electron chi connectivity index (χ4n) is 2.40. The van der Waals surface area contributed by atoms with E-state index in [1.165, 1.54) is 11.8 Å². The Balaban J connectivity index is 1.51. The first-order valence-corrected chi connectivity index (χ1v) is 9.36. The first kappa shape index (κ1) is 19.6. The van der Waals surface area contributed by atoms with Gasteiger partial charge in [0, 0.05) is 4.90 Å². The highest BCUT2D eigenvalue weighted by molar-refractivity contribution is 8.00. The second kappa shape index (κ2) is 9.14. The van der Waals surface area contributed by atoms with Gasteiger partial charge in [0.2, 0.25) is 12.0 Å². The molecule has 9 heteroatoms. The smallest absolute Gasteiger partial charge is 0.351 e. The van der Waals surface area contributed by atoms with E-state index in [9.17, 15) is 14.4 Å². The Bertz CT molecular complexity index is 888. The third-order valence-electron chi connectivity index (χ3n) is 3.65. The first-order chi connectivity index (χ1) is 13.5. The molecule has 2 aromatic rings. The van der Waals surface area contributed by atoms with Crippen LogP contribution in [0.1, 0.15) is 0 Å². The molecule has 2 aromatic carbocycles. The summed E-state index contributed by atoms with van der Waals surface area (Å²) in [5, 5.41) is 2.65. The van der Waals surface area contributed by atoms with Crippen molar-refractivity contribution < 1.29 is 28.6 Å². The molecule has 146 valence electrons. The summed E-state index contributed by atoms with van der Waals surface area (Å²) < 4.78 is 16.0. The standard InChI is InChI=1S/C19H18N2O6S/c20-17(22)11-28-16-8-4-1-5-12(16)21-18(23)10-26-19(24)15-9-25-13-6-2-3-7-14(13)27-15/h1-8,15H,9-11H2,(H2,20,22)(H,21,23)/t15-/m1/s1. The highest BCUT2D eigenvalue weighted by atomic mass is 32.2. The predicted molar refractivity (Wildman–Crippen MR) is 102 cm³/mol. The molecule has 0 radical (unpaired) electrons. The van der Waals surface area contributed by atoms with Crippen LogP contribution in [-0.4, -0.2) is 42.9 Å². The van der Waals surface area contributed by atoms with E-state index >= 15 is 0 Å². The molecule has 0 unspecified atom stereocenters. The molecular formula is C19H18N2O6S. The second-order valence-corrected chi connectivity index (χ2v) is 6.79. The lowest BCUT2D eigenvalue weighted by atomic mass is 10.2. The number of benzene rings is 2. The number of carbonyl (C=O) groups excluding carboxylic acids is 3. The zero-order valence-electron chi connectivity index (χ0n) is 14.8. The van der Waals surface area contributed by atoms with Crippen LogP contribution in [0.5, 0.6) is 11.5 Å². The van der Waals surface area contributed by atoms with Gasteiger partial charge in [-0.1, -0.05) is 24.3 Å². The van der Waals surface area contributed by atoms with E-state index < -0.39 is 30.5 Å². The number of hydrogen-bond acceptors (Lipinski definition) is 7. The number of esters is 1. The number of hydrogen-bond donors (Lipinski definition) is 2. The van der Waals surface area contributed by atoms with Crippen LogP contribution in [0.15, 0.2) is 53.4 Å². The number of anilines is 1. The maximum absolute atomic E-state index is 12.1. The Morgan fingerprint density at radius 3 is 2.61 bits per heavy atom. The fourth-order valence-corrected chi connectivity index (χ4v) is 3.14. The molecule has 1 aliphatic heterocycles. The minimum Gasteiger partial charge on any atom is -0.485 e. The molecule has 0 spiro atoms. The van der Waals surface area contributed by atoms with Gasteiger partial charge in [0.25, 0.3) is 5.91 Å². The Morgan fingerprint density at radius 2 is 1.82 bits per heavy atom. The molecule has 0 saturated carbocycles. The van der Waals surface area contributed by atoms with Crippen LogP contribution in [0.3, 0.4) is 0 Å². The third kappa shape index (κ3) is 5.17. The van der Waals surface area contributed by atoms with Gasteiger partial charge in [-0.25, -0.2) is 4.79 Å². The van der Waals surface area contributed by atoms with E-state index in [-0.39, 0.29) is 12.4 Å². The maximum atomic E-state index is 12.1. The number of carbonyl (C=O) groups is 3. The van der Waals surface area contributed by atoms with Gasteiger partial charge in [-0.2, -0.15) is 0 Å². The summed E-state index contributed by atoms with van der Waals surface area (Å²) >= 11 is 1.20. The van der Waals surface area contributed by atoms with E-state index in [0.29, 0.717) is 22.1 Å². The number of fused-ring (bicyclic) bond motifs is 1. The number of para-hydroxylation sites is 3. The van der Waals surface area contributed by atoms with Crippen molar-refractivity contribution in [3.05, 3.63) is 48.5 Å². The van der Waals surface area contributed by atoms with Gasteiger partial charge in [-0.3, -0.25) is 9.59 Å². The Morgan fingerprint density at radius 1 is 1.11 bits per heavy atom. The lowest BCUT2D eigenvalue weighted by Gasteiger charge is -2.24. The quantitative estimate of drug-likeness (QED) is 0.533. The Hall–Kier alpha value is -3.20. The van der Waals surface area contributed by atoms with Crippen LogP contribution in [0, 0.1) is 0 Å². The van der Waals surface area contributed by atoms with Crippen LogP contribution >= 0.6 is 11.8 Å².